The smallest absolute Gasteiger partial charge is 0.248 e. The number of anilines is 2. The molecule has 1 saturated heterocycles. The molecule has 1 aliphatic rings. The van der Waals surface area contributed by atoms with Crippen molar-refractivity contribution >= 4 is 27.3 Å². The van der Waals surface area contributed by atoms with Crippen LogP contribution in [0, 0.1) is 5.82 Å². The van der Waals surface area contributed by atoms with E-state index in [0.717, 1.165) is 17.8 Å². The van der Waals surface area contributed by atoms with Gasteiger partial charge in [0, 0.05) is 11.4 Å². The van der Waals surface area contributed by atoms with Crippen LogP contribution < -0.4 is 14.9 Å². The molecule has 0 aliphatic carbocycles. The molecule has 1 heterocycles. The van der Waals surface area contributed by atoms with E-state index >= 15 is 0 Å². The van der Waals surface area contributed by atoms with E-state index in [-0.39, 0.29) is 19.1 Å². The van der Waals surface area contributed by atoms with Crippen molar-refractivity contribution in [2.24, 2.45) is 5.14 Å². The number of carbonyl (C=O) groups excluding carboxylic acids is 1. The molecule has 0 spiro atoms. The molecule has 2 N–H and O–H groups in total. The molecule has 3 rings (SSSR count). The number of nitrogens with zero attached hydrogens (tertiary/aromatic N) is 2. The van der Waals surface area contributed by atoms with Crippen molar-refractivity contribution in [1.82, 2.24) is 0 Å². The molecular weight excluding hydrogens is 321 g/mol. The van der Waals surface area contributed by atoms with Crippen molar-refractivity contribution in [3.8, 4) is 0 Å². The summed E-state index contributed by atoms with van der Waals surface area (Å²) in [7, 11) is -4.13. The molecule has 2 aromatic carbocycles. The van der Waals surface area contributed by atoms with Crippen LogP contribution in [-0.4, -0.2) is 27.5 Å². The second kappa shape index (κ2) is 5.64. The number of nitrogens with two attached hydrogens (primary N) is 1. The number of amides is 1. The molecule has 1 aliphatic heterocycles. The van der Waals surface area contributed by atoms with Gasteiger partial charge in [-0.05, 0) is 30.3 Å². The van der Waals surface area contributed by atoms with Gasteiger partial charge in [-0.25, -0.2) is 17.9 Å². The summed E-state index contributed by atoms with van der Waals surface area (Å²) in [6.07, 6.45) is 0. The predicted molar refractivity (Wildman–Crippen MR) is 83.9 cm³/mol. The van der Waals surface area contributed by atoms with E-state index in [1.165, 1.54) is 11.0 Å². The van der Waals surface area contributed by atoms with Gasteiger partial charge in [-0.2, -0.15) is 0 Å². The summed E-state index contributed by atoms with van der Waals surface area (Å²) < 4.78 is 36.4. The monoisotopic (exact) mass is 335 g/mol. The molecule has 0 unspecified atom stereocenters. The summed E-state index contributed by atoms with van der Waals surface area (Å²) in [6, 6.07) is 12.8. The zero-order valence-electron chi connectivity index (χ0n) is 12.0. The lowest BCUT2D eigenvalue weighted by Gasteiger charge is -2.19. The van der Waals surface area contributed by atoms with Crippen LogP contribution >= 0.6 is 0 Å². The zero-order valence-corrected chi connectivity index (χ0v) is 12.8. The van der Waals surface area contributed by atoms with Crippen molar-refractivity contribution in [2.45, 2.75) is 4.90 Å². The molecule has 1 fully saturated rings. The number of sulfonamides is 1. The van der Waals surface area contributed by atoms with E-state index < -0.39 is 20.7 Å². The summed E-state index contributed by atoms with van der Waals surface area (Å²) in [5, 5.41) is 4.93. The molecule has 0 bridgehead atoms. The standard InChI is InChI=1S/C15H14FN3O3S/c16-13-8-12(6-7-14(13)23(17,21)22)19-10-18(9-15(19)20)11-4-2-1-3-5-11/h1-8H,9-10H2,(H2,17,21,22). The topological polar surface area (TPSA) is 83.7 Å². The van der Waals surface area contributed by atoms with Gasteiger partial charge in [0.2, 0.25) is 15.9 Å². The Hall–Kier alpha value is -2.45. The molecule has 8 heteroatoms. The van der Waals surface area contributed by atoms with Gasteiger partial charge in [-0.15, -0.1) is 0 Å². The van der Waals surface area contributed by atoms with Crippen molar-refractivity contribution in [2.75, 3.05) is 23.0 Å². The van der Waals surface area contributed by atoms with Crippen LogP contribution in [0.15, 0.2) is 53.4 Å². The number of benzene rings is 2. The van der Waals surface area contributed by atoms with E-state index in [4.69, 9.17) is 5.14 Å². The molecule has 2 aromatic rings. The lowest BCUT2D eigenvalue weighted by Crippen LogP contribution is -2.27. The largest absolute Gasteiger partial charge is 0.344 e. The molecule has 0 aromatic heterocycles. The van der Waals surface area contributed by atoms with E-state index in [9.17, 15) is 17.6 Å². The van der Waals surface area contributed by atoms with Crippen molar-refractivity contribution in [1.29, 1.82) is 0 Å². The lowest BCUT2D eigenvalue weighted by molar-refractivity contribution is -0.115. The number of primary sulfonamides is 1. The van der Waals surface area contributed by atoms with Crippen LogP contribution in [0.1, 0.15) is 0 Å². The maximum absolute atomic E-state index is 13.9. The zero-order chi connectivity index (χ0) is 16.6. The fourth-order valence-corrected chi connectivity index (χ4v) is 3.06. The van der Waals surface area contributed by atoms with Crippen molar-refractivity contribution in [3.63, 3.8) is 0 Å². The minimum Gasteiger partial charge on any atom is -0.344 e. The average Bonchev–Trinajstić information content (AvgIpc) is 2.89. The van der Waals surface area contributed by atoms with Crippen LogP contribution in [0.5, 0.6) is 0 Å². The molecule has 0 saturated carbocycles. The van der Waals surface area contributed by atoms with Crippen LogP contribution in [0.25, 0.3) is 0 Å². The quantitative estimate of drug-likeness (QED) is 0.916. The number of rotatable bonds is 3. The summed E-state index contributed by atoms with van der Waals surface area (Å²) in [5.74, 6) is -1.17. The van der Waals surface area contributed by atoms with Gasteiger partial charge >= 0.3 is 0 Å². The van der Waals surface area contributed by atoms with E-state index in [1.54, 1.807) is 0 Å². The molecule has 120 valence electrons. The second-order valence-corrected chi connectivity index (χ2v) is 6.69. The highest BCUT2D eigenvalue weighted by Crippen LogP contribution is 2.26. The fourth-order valence-electron chi connectivity index (χ4n) is 2.47. The number of hydrogen-bond acceptors (Lipinski definition) is 4. The number of carbonyl (C=O) groups is 1. The number of halogens is 1. The van der Waals surface area contributed by atoms with Gasteiger partial charge in [-0.3, -0.25) is 9.69 Å². The van der Waals surface area contributed by atoms with Gasteiger partial charge in [-0.1, -0.05) is 18.2 Å². The first-order valence-electron chi connectivity index (χ1n) is 6.79. The summed E-state index contributed by atoms with van der Waals surface area (Å²) in [4.78, 5) is 14.8. The third-order valence-electron chi connectivity index (χ3n) is 3.59. The Morgan fingerprint density at radius 2 is 1.74 bits per heavy atom. The van der Waals surface area contributed by atoms with E-state index in [2.05, 4.69) is 0 Å². The first kappa shape index (κ1) is 15.4. The Kier molecular flexibility index (Phi) is 3.78. The highest BCUT2D eigenvalue weighted by molar-refractivity contribution is 7.89. The summed E-state index contributed by atoms with van der Waals surface area (Å²) >= 11 is 0. The van der Waals surface area contributed by atoms with E-state index in [0.29, 0.717) is 5.69 Å². The molecule has 1 amide bonds. The Morgan fingerprint density at radius 1 is 1.04 bits per heavy atom. The first-order chi connectivity index (χ1) is 10.9. The van der Waals surface area contributed by atoms with Crippen LogP contribution in [0.4, 0.5) is 15.8 Å². The Bertz CT molecular complexity index is 856. The van der Waals surface area contributed by atoms with Gasteiger partial charge < -0.3 is 4.90 Å². The first-order valence-corrected chi connectivity index (χ1v) is 8.33. The second-order valence-electron chi connectivity index (χ2n) is 5.16. The van der Waals surface area contributed by atoms with Crippen LogP contribution in [0.3, 0.4) is 0 Å². The summed E-state index contributed by atoms with van der Waals surface area (Å²) in [5.41, 5.74) is 1.17. The van der Waals surface area contributed by atoms with Gasteiger partial charge in [0.25, 0.3) is 0 Å². The van der Waals surface area contributed by atoms with Crippen LogP contribution in [-0.2, 0) is 14.8 Å². The third-order valence-corrected chi connectivity index (χ3v) is 4.54. The maximum atomic E-state index is 13.9. The molecule has 6 nitrogen and oxygen atoms in total. The highest BCUT2D eigenvalue weighted by Gasteiger charge is 2.29. The number of hydrogen-bond donors (Lipinski definition) is 1. The Labute approximate surface area is 133 Å². The number of para-hydroxylation sites is 1. The average molecular weight is 335 g/mol. The highest BCUT2D eigenvalue weighted by atomic mass is 32.2. The maximum Gasteiger partial charge on any atom is 0.248 e. The fraction of sp³-hybridized carbons (Fsp3) is 0.133. The Balaban J connectivity index is 1.88. The molecule has 0 radical (unpaired) electrons. The minimum absolute atomic E-state index is 0.169. The Morgan fingerprint density at radius 3 is 2.35 bits per heavy atom. The predicted octanol–water partition coefficient (Wildman–Crippen LogP) is 1.28. The van der Waals surface area contributed by atoms with Gasteiger partial charge in [0.1, 0.15) is 10.7 Å². The van der Waals surface area contributed by atoms with Gasteiger partial charge in [0.15, 0.2) is 0 Å². The molecular formula is C15H14FN3O3S. The normalized spacial score (nSPS) is 15.3. The van der Waals surface area contributed by atoms with Gasteiger partial charge in [0.05, 0.1) is 13.2 Å². The van der Waals surface area contributed by atoms with Crippen LogP contribution in [0.2, 0.25) is 0 Å². The minimum atomic E-state index is -4.13. The van der Waals surface area contributed by atoms with Crippen molar-refractivity contribution < 1.29 is 17.6 Å². The summed E-state index contributed by atoms with van der Waals surface area (Å²) in [6.45, 7) is 0.430. The van der Waals surface area contributed by atoms with E-state index in [1.807, 2.05) is 35.2 Å². The van der Waals surface area contributed by atoms with Crippen molar-refractivity contribution in [3.05, 3.63) is 54.3 Å². The molecule has 0 atom stereocenters. The lowest BCUT2D eigenvalue weighted by atomic mass is 10.3. The SMILES string of the molecule is NS(=O)(=O)c1ccc(N2CN(c3ccccc3)CC2=O)cc1F. The third kappa shape index (κ3) is 3.03. The molecule has 23 heavy (non-hydrogen) atoms.